The maximum absolute atomic E-state index is 13.2. The molecule has 126 valence electrons. The van der Waals surface area contributed by atoms with Gasteiger partial charge in [-0.05, 0) is 24.6 Å². The fourth-order valence-electron chi connectivity index (χ4n) is 3.45. The molecule has 5 heteroatoms. The molecule has 0 unspecified atom stereocenters. The van der Waals surface area contributed by atoms with Crippen LogP contribution in [-0.4, -0.2) is 29.1 Å². The molecule has 1 aromatic heterocycles. The van der Waals surface area contributed by atoms with Crippen molar-refractivity contribution in [1.82, 2.24) is 4.90 Å². The summed E-state index contributed by atoms with van der Waals surface area (Å²) < 4.78 is 5.81. The lowest BCUT2D eigenvalue weighted by Crippen LogP contribution is -2.32. The van der Waals surface area contributed by atoms with E-state index in [9.17, 15) is 14.7 Å². The van der Waals surface area contributed by atoms with E-state index in [2.05, 4.69) is 0 Å². The van der Waals surface area contributed by atoms with Crippen LogP contribution in [0.4, 0.5) is 0 Å². The largest absolute Gasteiger partial charge is 0.450 e. The van der Waals surface area contributed by atoms with Crippen LogP contribution in [-0.2, 0) is 0 Å². The van der Waals surface area contributed by atoms with Gasteiger partial charge in [0.25, 0.3) is 5.91 Å². The van der Waals surface area contributed by atoms with Crippen molar-refractivity contribution in [2.24, 2.45) is 0 Å². The van der Waals surface area contributed by atoms with E-state index in [0.29, 0.717) is 16.5 Å². The predicted octanol–water partition coefficient (Wildman–Crippen LogP) is 2.64. The number of nitrogens with zero attached hydrogens (tertiary/aromatic N) is 1. The second-order valence-electron chi connectivity index (χ2n) is 6.21. The van der Waals surface area contributed by atoms with E-state index in [1.54, 1.807) is 12.1 Å². The quantitative estimate of drug-likeness (QED) is 0.799. The number of rotatable bonds is 3. The first-order chi connectivity index (χ1) is 12.1. The van der Waals surface area contributed by atoms with Gasteiger partial charge in [0.2, 0.25) is 5.76 Å². The van der Waals surface area contributed by atoms with Gasteiger partial charge in [-0.25, -0.2) is 0 Å². The lowest BCUT2D eigenvalue weighted by Gasteiger charge is -2.24. The Morgan fingerprint density at radius 1 is 1.12 bits per heavy atom. The molecule has 1 amide bonds. The van der Waals surface area contributed by atoms with Crippen molar-refractivity contribution in [2.75, 3.05) is 13.2 Å². The van der Waals surface area contributed by atoms with Gasteiger partial charge in [0.15, 0.2) is 5.43 Å². The fraction of sp³-hybridized carbons (Fsp3) is 0.200. The van der Waals surface area contributed by atoms with Crippen molar-refractivity contribution in [2.45, 2.75) is 13.0 Å². The molecule has 25 heavy (non-hydrogen) atoms. The third kappa shape index (κ3) is 2.36. The predicted molar refractivity (Wildman–Crippen MR) is 93.6 cm³/mol. The molecule has 1 aliphatic heterocycles. The monoisotopic (exact) mass is 335 g/mol. The van der Waals surface area contributed by atoms with Gasteiger partial charge in [-0.3, -0.25) is 9.59 Å². The number of amides is 1. The molecule has 2 heterocycles. The molecule has 3 aromatic rings. The number of carbonyl (C=O) groups is 1. The Labute approximate surface area is 144 Å². The molecule has 0 spiro atoms. The van der Waals surface area contributed by atoms with Gasteiger partial charge in [0, 0.05) is 6.54 Å². The van der Waals surface area contributed by atoms with Crippen LogP contribution in [0.3, 0.4) is 0 Å². The van der Waals surface area contributed by atoms with E-state index >= 15 is 0 Å². The molecule has 0 radical (unpaired) electrons. The highest BCUT2D eigenvalue weighted by atomic mass is 16.3. The summed E-state index contributed by atoms with van der Waals surface area (Å²) in [5.41, 5.74) is 2.33. The third-order valence-corrected chi connectivity index (χ3v) is 4.58. The average Bonchev–Trinajstić information content (AvgIpc) is 2.90. The van der Waals surface area contributed by atoms with Crippen molar-refractivity contribution in [1.29, 1.82) is 0 Å². The SMILES string of the molecule is Cc1ccc2oc3c(c(=O)c2c1)[C@@H](c1ccccc1)N(CCO)C3=O. The van der Waals surface area contributed by atoms with Gasteiger partial charge in [-0.1, -0.05) is 42.0 Å². The molecule has 0 fully saturated rings. The average molecular weight is 335 g/mol. The lowest BCUT2D eigenvalue weighted by atomic mass is 9.98. The summed E-state index contributed by atoms with van der Waals surface area (Å²) in [7, 11) is 0. The van der Waals surface area contributed by atoms with Gasteiger partial charge >= 0.3 is 0 Å². The Morgan fingerprint density at radius 2 is 1.88 bits per heavy atom. The molecule has 5 nitrogen and oxygen atoms in total. The Balaban J connectivity index is 2.03. The maximum atomic E-state index is 13.2. The number of fused-ring (bicyclic) bond motifs is 2. The summed E-state index contributed by atoms with van der Waals surface area (Å²) >= 11 is 0. The zero-order valence-corrected chi connectivity index (χ0v) is 13.7. The highest BCUT2D eigenvalue weighted by molar-refractivity contribution is 5.99. The Hall–Kier alpha value is -2.92. The lowest BCUT2D eigenvalue weighted by molar-refractivity contribution is 0.0691. The summed E-state index contributed by atoms with van der Waals surface area (Å²) in [5, 5.41) is 9.85. The molecule has 0 saturated heterocycles. The van der Waals surface area contributed by atoms with Gasteiger partial charge in [-0.15, -0.1) is 0 Å². The molecule has 0 saturated carbocycles. The van der Waals surface area contributed by atoms with Gasteiger partial charge in [-0.2, -0.15) is 0 Å². The van der Waals surface area contributed by atoms with Crippen LogP contribution >= 0.6 is 0 Å². The van der Waals surface area contributed by atoms with Gasteiger partial charge < -0.3 is 14.4 Å². The van der Waals surface area contributed by atoms with Crippen LogP contribution < -0.4 is 5.43 Å². The standard InChI is InChI=1S/C20H17NO4/c1-12-7-8-15-14(11-12)18(23)16-17(13-5-3-2-4-6-13)21(9-10-22)20(24)19(16)25-15/h2-8,11,17,22H,9-10H2,1H3/t17-/m1/s1. The van der Waals surface area contributed by atoms with Crippen molar-refractivity contribution < 1.29 is 14.3 Å². The Bertz CT molecular complexity index is 1020. The summed E-state index contributed by atoms with van der Waals surface area (Å²) in [6.45, 7) is 1.86. The van der Waals surface area contributed by atoms with Crippen LogP contribution in [0.25, 0.3) is 11.0 Å². The molecular formula is C20H17NO4. The maximum Gasteiger partial charge on any atom is 0.290 e. The van der Waals surface area contributed by atoms with Crippen molar-refractivity contribution in [3.05, 3.63) is 81.2 Å². The molecule has 1 atom stereocenters. The number of β-amino-alcohol motifs (C(OH)–C–C–N with tert-alkyl or cyclic N) is 1. The topological polar surface area (TPSA) is 70.8 Å². The van der Waals surface area contributed by atoms with Gasteiger partial charge in [0.05, 0.1) is 23.6 Å². The van der Waals surface area contributed by atoms with E-state index in [1.165, 1.54) is 4.90 Å². The van der Waals surface area contributed by atoms with Crippen molar-refractivity contribution in [3.63, 3.8) is 0 Å². The fourth-order valence-corrected chi connectivity index (χ4v) is 3.45. The Kier molecular flexibility index (Phi) is 3.66. The van der Waals surface area contributed by atoms with E-state index in [0.717, 1.165) is 11.1 Å². The van der Waals surface area contributed by atoms with E-state index in [-0.39, 0.29) is 30.2 Å². The molecule has 1 N–H and O–H groups in total. The number of aryl methyl sites for hydroxylation is 1. The van der Waals surface area contributed by atoms with Gasteiger partial charge in [0.1, 0.15) is 5.58 Å². The third-order valence-electron chi connectivity index (χ3n) is 4.58. The number of hydrogen-bond acceptors (Lipinski definition) is 4. The van der Waals surface area contributed by atoms with Crippen LogP contribution in [0.2, 0.25) is 0 Å². The second-order valence-corrected chi connectivity index (χ2v) is 6.21. The summed E-state index contributed by atoms with van der Waals surface area (Å²) in [6.07, 6.45) is 0. The number of carbonyl (C=O) groups excluding carboxylic acids is 1. The first-order valence-electron chi connectivity index (χ1n) is 8.16. The summed E-state index contributed by atoms with van der Waals surface area (Å²) in [6, 6.07) is 14.1. The number of hydrogen-bond donors (Lipinski definition) is 1. The van der Waals surface area contributed by atoms with Crippen molar-refractivity contribution in [3.8, 4) is 0 Å². The molecule has 2 aromatic carbocycles. The van der Waals surface area contributed by atoms with Crippen LogP contribution in [0, 0.1) is 6.92 Å². The number of aliphatic hydroxyl groups is 1. The number of aliphatic hydroxyl groups excluding tert-OH is 1. The first kappa shape index (κ1) is 15.6. The molecular weight excluding hydrogens is 318 g/mol. The van der Waals surface area contributed by atoms with Crippen LogP contribution in [0.15, 0.2) is 57.7 Å². The summed E-state index contributed by atoms with van der Waals surface area (Å²) in [4.78, 5) is 27.5. The molecule has 4 rings (SSSR count). The smallest absolute Gasteiger partial charge is 0.290 e. The highest BCUT2D eigenvalue weighted by Gasteiger charge is 2.42. The Morgan fingerprint density at radius 3 is 2.60 bits per heavy atom. The molecule has 0 bridgehead atoms. The molecule has 0 aliphatic carbocycles. The normalized spacial score (nSPS) is 16.5. The minimum absolute atomic E-state index is 0.0728. The van der Waals surface area contributed by atoms with Crippen LogP contribution in [0.1, 0.15) is 33.3 Å². The first-order valence-corrected chi connectivity index (χ1v) is 8.16. The second kappa shape index (κ2) is 5.86. The number of benzene rings is 2. The minimum Gasteiger partial charge on any atom is -0.450 e. The van der Waals surface area contributed by atoms with E-state index in [4.69, 9.17) is 4.42 Å². The van der Waals surface area contributed by atoms with E-state index < -0.39 is 6.04 Å². The van der Waals surface area contributed by atoms with Crippen LogP contribution in [0.5, 0.6) is 0 Å². The summed E-state index contributed by atoms with van der Waals surface area (Å²) in [5.74, 6) is -0.291. The van der Waals surface area contributed by atoms with Crippen molar-refractivity contribution >= 4 is 16.9 Å². The van der Waals surface area contributed by atoms with E-state index in [1.807, 2.05) is 43.3 Å². The minimum atomic E-state index is -0.544. The molecule has 1 aliphatic rings. The zero-order valence-electron chi connectivity index (χ0n) is 13.7. The zero-order chi connectivity index (χ0) is 17.6. The highest BCUT2D eigenvalue weighted by Crippen LogP contribution is 2.37.